The number of imide groups is 1. The van der Waals surface area contributed by atoms with E-state index in [1.807, 2.05) is 27.7 Å². The summed E-state index contributed by atoms with van der Waals surface area (Å²) in [5, 5.41) is 2.54. The maximum absolute atomic E-state index is 12.3. The van der Waals surface area contributed by atoms with Crippen LogP contribution >= 0.6 is 11.8 Å². The zero-order chi connectivity index (χ0) is 20.6. The Morgan fingerprint density at radius 1 is 1.26 bits per heavy atom. The van der Waals surface area contributed by atoms with Crippen LogP contribution in [0.25, 0.3) is 0 Å². The second-order valence-electron chi connectivity index (χ2n) is 7.10. The molecule has 0 bridgehead atoms. The molecule has 2 unspecified atom stereocenters. The Kier molecular flexibility index (Phi) is 9.75. The maximum atomic E-state index is 12.3. The van der Waals surface area contributed by atoms with Crippen molar-refractivity contribution in [2.24, 2.45) is 5.92 Å². The van der Waals surface area contributed by atoms with E-state index in [0.717, 1.165) is 11.3 Å². The number of hydrogen-bond donors (Lipinski definition) is 2. The van der Waals surface area contributed by atoms with Crippen LogP contribution in [0.1, 0.15) is 47.0 Å². The molecule has 1 saturated heterocycles. The summed E-state index contributed by atoms with van der Waals surface area (Å²) in [6, 6.07) is 0. The largest absolute Gasteiger partial charge is 0.355 e. The molecule has 2 atom stereocenters. The van der Waals surface area contributed by atoms with E-state index >= 15 is 0 Å². The zero-order valence-electron chi connectivity index (χ0n) is 16.5. The highest BCUT2D eigenvalue weighted by atomic mass is 32.2. The van der Waals surface area contributed by atoms with Crippen molar-refractivity contribution in [3.8, 4) is 0 Å². The van der Waals surface area contributed by atoms with Gasteiger partial charge in [0, 0.05) is 37.7 Å². The SMILES string of the molecule is CCC(C)SC1CC(=O)N(CCC(=O)NCCNS(=O)(=O)CC(C)C)C1=O. The van der Waals surface area contributed by atoms with E-state index in [4.69, 9.17) is 0 Å². The molecular weight excluding hydrogens is 390 g/mol. The van der Waals surface area contributed by atoms with Gasteiger partial charge in [-0.05, 0) is 12.3 Å². The number of likely N-dealkylation sites (tertiary alicyclic amines) is 1. The number of rotatable bonds is 12. The number of amides is 3. The number of carbonyl (C=O) groups excluding carboxylic acids is 3. The van der Waals surface area contributed by atoms with Gasteiger partial charge in [0.25, 0.3) is 0 Å². The Morgan fingerprint density at radius 2 is 1.93 bits per heavy atom. The highest BCUT2D eigenvalue weighted by Gasteiger charge is 2.39. The molecule has 27 heavy (non-hydrogen) atoms. The highest BCUT2D eigenvalue weighted by molar-refractivity contribution is 8.01. The molecule has 8 nitrogen and oxygen atoms in total. The van der Waals surface area contributed by atoms with Crippen molar-refractivity contribution in [2.45, 2.75) is 57.5 Å². The molecular formula is C17H31N3O5S2. The van der Waals surface area contributed by atoms with Gasteiger partial charge in [-0.2, -0.15) is 0 Å². The van der Waals surface area contributed by atoms with Crippen LogP contribution in [0.15, 0.2) is 0 Å². The second-order valence-corrected chi connectivity index (χ2v) is 10.6. The summed E-state index contributed by atoms with van der Waals surface area (Å²) in [5.41, 5.74) is 0. The van der Waals surface area contributed by atoms with Gasteiger partial charge in [0.15, 0.2) is 0 Å². The summed E-state index contributed by atoms with van der Waals surface area (Å²) in [6.45, 7) is 8.00. The van der Waals surface area contributed by atoms with E-state index in [1.165, 1.54) is 11.8 Å². The molecule has 0 aromatic rings. The molecule has 1 aliphatic rings. The number of nitrogens with zero attached hydrogens (tertiary/aromatic N) is 1. The molecule has 0 aromatic carbocycles. The van der Waals surface area contributed by atoms with Crippen LogP contribution in [0.2, 0.25) is 0 Å². The van der Waals surface area contributed by atoms with E-state index in [0.29, 0.717) is 5.25 Å². The van der Waals surface area contributed by atoms with Crippen LogP contribution < -0.4 is 10.0 Å². The molecule has 1 fully saturated rings. The molecule has 3 amide bonds. The van der Waals surface area contributed by atoms with Crippen molar-refractivity contribution in [1.82, 2.24) is 14.9 Å². The van der Waals surface area contributed by atoms with Gasteiger partial charge >= 0.3 is 0 Å². The molecule has 156 valence electrons. The van der Waals surface area contributed by atoms with Crippen molar-refractivity contribution < 1.29 is 22.8 Å². The van der Waals surface area contributed by atoms with Crippen LogP contribution in [0.4, 0.5) is 0 Å². The molecule has 0 aromatic heterocycles. The molecule has 0 radical (unpaired) electrons. The van der Waals surface area contributed by atoms with Gasteiger partial charge in [-0.1, -0.05) is 27.7 Å². The summed E-state index contributed by atoms with van der Waals surface area (Å²) in [7, 11) is -3.34. The summed E-state index contributed by atoms with van der Waals surface area (Å²) >= 11 is 1.50. The summed E-state index contributed by atoms with van der Waals surface area (Å²) in [4.78, 5) is 37.4. The van der Waals surface area contributed by atoms with Crippen LogP contribution in [0.5, 0.6) is 0 Å². The molecule has 1 aliphatic heterocycles. The van der Waals surface area contributed by atoms with E-state index in [-0.39, 0.29) is 67.1 Å². The minimum atomic E-state index is -3.34. The van der Waals surface area contributed by atoms with Crippen LogP contribution in [-0.4, -0.2) is 66.9 Å². The smallest absolute Gasteiger partial charge is 0.242 e. The summed E-state index contributed by atoms with van der Waals surface area (Å²) < 4.78 is 25.8. The summed E-state index contributed by atoms with van der Waals surface area (Å²) in [5.74, 6) is -0.725. The first-order chi connectivity index (χ1) is 12.6. The third-order valence-corrected chi connectivity index (χ3v) is 7.30. The van der Waals surface area contributed by atoms with Gasteiger partial charge < -0.3 is 5.32 Å². The Balaban J connectivity index is 2.32. The molecule has 0 aliphatic carbocycles. The lowest BCUT2D eigenvalue weighted by Crippen LogP contribution is -2.38. The first-order valence-electron chi connectivity index (χ1n) is 9.29. The standard InChI is InChI=1S/C17H31N3O5S2/c1-5-13(4)26-14-10-16(22)20(17(14)23)9-6-15(21)18-7-8-19-27(24,25)11-12(2)3/h12-14,19H,5-11H2,1-4H3,(H,18,21). The zero-order valence-corrected chi connectivity index (χ0v) is 18.1. The fraction of sp³-hybridized carbons (Fsp3) is 0.824. The average Bonchev–Trinajstić information content (AvgIpc) is 2.82. The van der Waals surface area contributed by atoms with Gasteiger partial charge in [-0.25, -0.2) is 13.1 Å². The van der Waals surface area contributed by atoms with E-state index in [9.17, 15) is 22.8 Å². The number of thioether (sulfide) groups is 1. The molecule has 10 heteroatoms. The predicted octanol–water partition coefficient (Wildman–Crippen LogP) is 0.727. The Hall–Kier alpha value is -1.13. The fourth-order valence-electron chi connectivity index (χ4n) is 2.58. The lowest BCUT2D eigenvalue weighted by molar-refractivity contribution is -0.138. The first kappa shape index (κ1) is 23.9. The third-order valence-electron chi connectivity index (χ3n) is 4.06. The van der Waals surface area contributed by atoms with E-state index in [2.05, 4.69) is 10.0 Å². The lowest BCUT2D eigenvalue weighted by atomic mass is 10.3. The molecule has 0 saturated carbocycles. The Morgan fingerprint density at radius 3 is 2.52 bits per heavy atom. The topological polar surface area (TPSA) is 113 Å². The van der Waals surface area contributed by atoms with Crippen molar-refractivity contribution >= 4 is 39.5 Å². The van der Waals surface area contributed by atoms with Crippen molar-refractivity contribution in [2.75, 3.05) is 25.4 Å². The van der Waals surface area contributed by atoms with Gasteiger partial charge in [-0.3, -0.25) is 19.3 Å². The van der Waals surface area contributed by atoms with Crippen LogP contribution in [0, 0.1) is 5.92 Å². The average molecular weight is 422 g/mol. The molecule has 2 N–H and O–H groups in total. The third kappa shape index (κ3) is 8.61. The van der Waals surface area contributed by atoms with Gasteiger partial charge in [0.2, 0.25) is 27.7 Å². The minimum Gasteiger partial charge on any atom is -0.355 e. The van der Waals surface area contributed by atoms with Crippen molar-refractivity contribution in [3.05, 3.63) is 0 Å². The molecule has 1 heterocycles. The van der Waals surface area contributed by atoms with E-state index in [1.54, 1.807) is 0 Å². The maximum Gasteiger partial charge on any atom is 0.242 e. The predicted molar refractivity (Wildman–Crippen MR) is 107 cm³/mol. The fourth-order valence-corrected chi connectivity index (χ4v) is 5.22. The Labute approximate surface area is 166 Å². The van der Waals surface area contributed by atoms with Crippen molar-refractivity contribution in [3.63, 3.8) is 0 Å². The molecule has 0 spiro atoms. The summed E-state index contributed by atoms with van der Waals surface area (Å²) in [6.07, 6.45) is 1.12. The van der Waals surface area contributed by atoms with Crippen LogP contribution in [0.3, 0.4) is 0 Å². The number of hydrogen-bond acceptors (Lipinski definition) is 6. The van der Waals surface area contributed by atoms with Gasteiger partial charge in [0.1, 0.15) is 0 Å². The van der Waals surface area contributed by atoms with Gasteiger partial charge in [0.05, 0.1) is 11.0 Å². The molecule has 1 rings (SSSR count). The number of nitrogens with one attached hydrogen (secondary N) is 2. The number of carbonyl (C=O) groups is 3. The Bertz CT molecular complexity index is 636. The minimum absolute atomic E-state index is 0.0109. The normalized spacial score (nSPS) is 19.0. The number of sulfonamides is 1. The monoisotopic (exact) mass is 421 g/mol. The first-order valence-corrected chi connectivity index (χ1v) is 11.9. The highest BCUT2D eigenvalue weighted by Crippen LogP contribution is 2.29. The van der Waals surface area contributed by atoms with Gasteiger partial charge in [-0.15, -0.1) is 11.8 Å². The van der Waals surface area contributed by atoms with Crippen molar-refractivity contribution in [1.29, 1.82) is 0 Å². The lowest BCUT2D eigenvalue weighted by Gasteiger charge is -2.16. The second kappa shape index (κ2) is 11.0. The quantitative estimate of drug-likeness (QED) is 0.355. The van der Waals surface area contributed by atoms with Crippen LogP contribution in [-0.2, 0) is 24.4 Å². The van der Waals surface area contributed by atoms with E-state index < -0.39 is 10.0 Å².